The maximum atomic E-state index is 13.5. The maximum absolute atomic E-state index is 13.5. The molecule has 1 aliphatic rings. The van der Waals surface area contributed by atoms with Crippen molar-refractivity contribution < 1.29 is 17.6 Å². The van der Waals surface area contributed by atoms with Crippen LogP contribution in [-0.4, -0.2) is 13.1 Å². The van der Waals surface area contributed by atoms with Crippen molar-refractivity contribution in [2.45, 2.75) is 18.5 Å². The van der Waals surface area contributed by atoms with Crippen LogP contribution in [0.2, 0.25) is 0 Å². The number of nitrogens with one attached hydrogen (secondary N) is 1. The molecule has 0 bridgehead atoms. The molecule has 1 heterocycles. The van der Waals surface area contributed by atoms with Gasteiger partial charge in [0.2, 0.25) is 0 Å². The van der Waals surface area contributed by atoms with Gasteiger partial charge < -0.3 is 5.32 Å². The number of halogens is 5. The van der Waals surface area contributed by atoms with Gasteiger partial charge in [-0.1, -0.05) is 6.07 Å². The zero-order chi connectivity index (χ0) is 11.8. The van der Waals surface area contributed by atoms with E-state index in [0.717, 1.165) is 18.2 Å². The Kier molecular flexibility index (Phi) is 4.38. The van der Waals surface area contributed by atoms with E-state index in [1.807, 2.05) is 0 Å². The Morgan fingerprint density at radius 1 is 1.24 bits per heavy atom. The summed E-state index contributed by atoms with van der Waals surface area (Å²) < 4.78 is 51.6. The van der Waals surface area contributed by atoms with Crippen LogP contribution in [-0.2, 0) is 6.18 Å². The van der Waals surface area contributed by atoms with Crippen LogP contribution in [0.4, 0.5) is 17.6 Å². The second kappa shape index (κ2) is 5.23. The summed E-state index contributed by atoms with van der Waals surface area (Å²) in [6.07, 6.45) is -3.94. The molecule has 1 aromatic carbocycles. The molecule has 96 valence electrons. The Balaban J connectivity index is 0.00000144. The zero-order valence-electron chi connectivity index (χ0n) is 8.85. The van der Waals surface area contributed by atoms with Crippen LogP contribution in [0.15, 0.2) is 18.2 Å². The summed E-state index contributed by atoms with van der Waals surface area (Å²) in [4.78, 5) is 0. The van der Waals surface area contributed by atoms with Gasteiger partial charge >= 0.3 is 6.18 Å². The lowest BCUT2D eigenvalue weighted by Crippen LogP contribution is -2.16. The van der Waals surface area contributed by atoms with Crippen LogP contribution in [0.25, 0.3) is 0 Å². The second-order valence-corrected chi connectivity index (χ2v) is 3.89. The first-order valence-electron chi connectivity index (χ1n) is 5.06. The van der Waals surface area contributed by atoms with Crippen molar-refractivity contribution in [3.8, 4) is 0 Å². The summed E-state index contributed by atoms with van der Waals surface area (Å²) in [5.41, 5.74) is -1.04. The summed E-state index contributed by atoms with van der Waals surface area (Å²) in [6.45, 7) is 1.04. The fourth-order valence-electron chi connectivity index (χ4n) is 2.10. The highest BCUT2D eigenvalue weighted by atomic mass is 35.5. The van der Waals surface area contributed by atoms with Crippen molar-refractivity contribution in [2.75, 3.05) is 13.1 Å². The fraction of sp³-hybridized carbons (Fsp3) is 0.455. The summed E-state index contributed by atoms with van der Waals surface area (Å²) in [5.74, 6) is -1.14. The molecule has 6 heteroatoms. The molecule has 0 saturated carbocycles. The quantitative estimate of drug-likeness (QED) is 0.771. The summed E-state index contributed by atoms with van der Waals surface area (Å²) in [6, 6.07) is 3.13. The van der Waals surface area contributed by atoms with Gasteiger partial charge in [0.15, 0.2) is 0 Å². The Hall–Kier alpha value is -0.810. The lowest BCUT2D eigenvalue weighted by Gasteiger charge is -2.17. The minimum Gasteiger partial charge on any atom is -0.316 e. The molecule has 1 aliphatic heterocycles. The predicted molar refractivity (Wildman–Crippen MR) is 58.9 cm³/mol. The number of hydrogen-bond acceptors (Lipinski definition) is 1. The minimum absolute atomic E-state index is 0. The van der Waals surface area contributed by atoms with Gasteiger partial charge in [0.05, 0.1) is 5.56 Å². The third kappa shape index (κ3) is 2.90. The molecule has 1 nitrogen and oxygen atoms in total. The highest BCUT2D eigenvalue weighted by molar-refractivity contribution is 5.85. The van der Waals surface area contributed by atoms with Crippen LogP contribution >= 0.6 is 12.4 Å². The van der Waals surface area contributed by atoms with E-state index in [9.17, 15) is 17.6 Å². The Bertz CT molecular complexity index is 386. The number of benzene rings is 1. The van der Waals surface area contributed by atoms with Gasteiger partial charge in [-0.2, -0.15) is 13.2 Å². The molecule has 0 spiro atoms. The Labute approximate surface area is 103 Å². The monoisotopic (exact) mass is 269 g/mol. The number of hydrogen-bond donors (Lipinski definition) is 1. The van der Waals surface area contributed by atoms with E-state index in [1.54, 1.807) is 0 Å². The smallest absolute Gasteiger partial charge is 0.316 e. The van der Waals surface area contributed by atoms with Gasteiger partial charge in [-0.3, -0.25) is 0 Å². The lowest BCUT2D eigenvalue weighted by molar-refractivity contribution is -0.138. The average molecular weight is 270 g/mol. The molecule has 2 rings (SSSR count). The molecule has 1 saturated heterocycles. The molecule has 0 aromatic heterocycles. The maximum Gasteiger partial charge on any atom is 0.416 e. The van der Waals surface area contributed by atoms with Gasteiger partial charge in [0, 0.05) is 18.0 Å². The van der Waals surface area contributed by atoms with Crippen molar-refractivity contribution >= 4 is 12.4 Å². The largest absolute Gasteiger partial charge is 0.416 e. The SMILES string of the molecule is Cl.Fc1cccc(C(F)(F)F)c1C1CCNC1. The Morgan fingerprint density at radius 2 is 1.94 bits per heavy atom. The first-order chi connectivity index (χ1) is 7.50. The van der Waals surface area contributed by atoms with E-state index in [0.29, 0.717) is 19.5 Å². The van der Waals surface area contributed by atoms with Gasteiger partial charge in [0.25, 0.3) is 0 Å². The standard InChI is InChI=1S/C11H11F4N.ClH/c12-9-3-1-2-8(11(13,14)15)10(9)7-4-5-16-6-7;/h1-3,7,16H,4-6H2;1H. The molecule has 1 aromatic rings. The van der Waals surface area contributed by atoms with Crippen LogP contribution < -0.4 is 5.32 Å². The fourth-order valence-corrected chi connectivity index (χ4v) is 2.10. The molecule has 0 radical (unpaired) electrons. The number of alkyl halides is 3. The summed E-state index contributed by atoms with van der Waals surface area (Å²) >= 11 is 0. The number of rotatable bonds is 1. The molecule has 0 aliphatic carbocycles. The molecule has 1 fully saturated rings. The first kappa shape index (κ1) is 14.3. The molecule has 1 unspecified atom stereocenters. The van der Waals surface area contributed by atoms with Crippen molar-refractivity contribution in [3.63, 3.8) is 0 Å². The predicted octanol–water partition coefficient (Wildman–Crippen LogP) is 3.34. The van der Waals surface area contributed by atoms with Gasteiger partial charge in [-0.25, -0.2) is 4.39 Å². The van der Waals surface area contributed by atoms with E-state index < -0.39 is 17.6 Å². The van der Waals surface area contributed by atoms with Crippen LogP contribution in [0, 0.1) is 5.82 Å². The molecule has 0 amide bonds. The molecule has 1 N–H and O–H groups in total. The van der Waals surface area contributed by atoms with Crippen LogP contribution in [0.3, 0.4) is 0 Å². The van der Waals surface area contributed by atoms with E-state index in [-0.39, 0.29) is 23.9 Å². The van der Waals surface area contributed by atoms with Crippen molar-refractivity contribution in [2.24, 2.45) is 0 Å². The van der Waals surface area contributed by atoms with Crippen molar-refractivity contribution in [3.05, 3.63) is 35.1 Å². The normalized spacial score (nSPS) is 20.1. The van der Waals surface area contributed by atoms with E-state index in [2.05, 4.69) is 5.32 Å². The van der Waals surface area contributed by atoms with Gasteiger partial charge in [-0.15, -0.1) is 12.4 Å². The summed E-state index contributed by atoms with van der Waals surface area (Å²) in [7, 11) is 0. The lowest BCUT2D eigenvalue weighted by atomic mass is 9.92. The molecule has 17 heavy (non-hydrogen) atoms. The van der Waals surface area contributed by atoms with Crippen LogP contribution in [0.1, 0.15) is 23.5 Å². The highest BCUT2D eigenvalue weighted by Gasteiger charge is 2.37. The molecular formula is C11H12ClF4N. The Morgan fingerprint density at radius 3 is 2.47 bits per heavy atom. The van der Waals surface area contributed by atoms with E-state index in [1.165, 1.54) is 0 Å². The van der Waals surface area contributed by atoms with Crippen molar-refractivity contribution in [1.29, 1.82) is 0 Å². The second-order valence-electron chi connectivity index (χ2n) is 3.89. The topological polar surface area (TPSA) is 12.0 Å². The van der Waals surface area contributed by atoms with Gasteiger partial charge in [0.1, 0.15) is 5.82 Å². The highest BCUT2D eigenvalue weighted by Crippen LogP contribution is 2.38. The van der Waals surface area contributed by atoms with Gasteiger partial charge in [-0.05, 0) is 25.1 Å². The summed E-state index contributed by atoms with van der Waals surface area (Å²) in [5, 5.41) is 2.94. The first-order valence-corrected chi connectivity index (χ1v) is 5.06. The van der Waals surface area contributed by atoms with Crippen LogP contribution in [0.5, 0.6) is 0 Å². The zero-order valence-corrected chi connectivity index (χ0v) is 9.67. The van der Waals surface area contributed by atoms with E-state index >= 15 is 0 Å². The third-order valence-corrected chi connectivity index (χ3v) is 2.83. The molecular weight excluding hydrogens is 258 g/mol. The van der Waals surface area contributed by atoms with Crippen molar-refractivity contribution in [1.82, 2.24) is 5.32 Å². The average Bonchev–Trinajstić information content (AvgIpc) is 2.68. The molecule has 1 atom stereocenters. The third-order valence-electron chi connectivity index (χ3n) is 2.83. The van der Waals surface area contributed by atoms with E-state index in [4.69, 9.17) is 0 Å². The minimum atomic E-state index is -4.49.